The Kier molecular flexibility index (Phi) is 3.81. The summed E-state index contributed by atoms with van der Waals surface area (Å²) in [4.78, 5) is 0. The standard InChI is InChI=1S/C12H25P/c1-11(2)7-4-5-9-12(3,13)10-6-8-11/h4-10,13H2,1-3H3. The monoisotopic (exact) mass is 200 g/mol. The second kappa shape index (κ2) is 4.30. The Morgan fingerprint density at radius 1 is 0.769 bits per heavy atom. The second-order valence-corrected chi connectivity index (χ2v) is 7.27. The van der Waals surface area contributed by atoms with Gasteiger partial charge in [-0.05, 0) is 36.3 Å². The molecule has 0 aromatic heterocycles. The normalized spacial score (nSPS) is 36.0. The molecule has 0 radical (unpaired) electrons. The first-order chi connectivity index (χ1) is 5.91. The fourth-order valence-electron chi connectivity index (χ4n) is 2.35. The van der Waals surface area contributed by atoms with Crippen LogP contribution in [0.4, 0.5) is 0 Å². The van der Waals surface area contributed by atoms with Crippen LogP contribution in [-0.4, -0.2) is 5.16 Å². The van der Waals surface area contributed by atoms with Crippen LogP contribution in [0.15, 0.2) is 0 Å². The zero-order valence-electron chi connectivity index (χ0n) is 9.53. The molecule has 0 spiro atoms. The van der Waals surface area contributed by atoms with Crippen LogP contribution in [0.25, 0.3) is 0 Å². The van der Waals surface area contributed by atoms with E-state index in [0.717, 1.165) is 0 Å². The number of rotatable bonds is 0. The first-order valence-corrected chi connectivity index (χ1v) is 6.28. The Hall–Kier alpha value is 0.430. The van der Waals surface area contributed by atoms with Crippen LogP contribution in [0.2, 0.25) is 0 Å². The lowest BCUT2D eigenvalue weighted by Crippen LogP contribution is -2.15. The Morgan fingerprint density at radius 2 is 1.23 bits per heavy atom. The van der Waals surface area contributed by atoms with Gasteiger partial charge in [-0.3, -0.25) is 0 Å². The van der Waals surface area contributed by atoms with Crippen LogP contribution >= 0.6 is 9.24 Å². The molecule has 2 unspecified atom stereocenters. The molecule has 1 saturated carbocycles. The van der Waals surface area contributed by atoms with Crippen molar-refractivity contribution in [1.29, 1.82) is 0 Å². The fraction of sp³-hybridized carbons (Fsp3) is 1.00. The molecular weight excluding hydrogens is 175 g/mol. The van der Waals surface area contributed by atoms with Crippen LogP contribution in [-0.2, 0) is 0 Å². The summed E-state index contributed by atoms with van der Waals surface area (Å²) >= 11 is 0. The van der Waals surface area contributed by atoms with Gasteiger partial charge in [-0.25, -0.2) is 0 Å². The predicted octanol–water partition coefficient (Wildman–Crippen LogP) is 4.39. The van der Waals surface area contributed by atoms with Crippen LogP contribution < -0.4 is 0 Å². The maximum absolute atomic E-state index is 3.06. The Balaban J connectivity index is 2.48. The third-order valence-electron chi connectivity index (χ3n) is 3.45. The molecule has 0 nitrogen and oxygen atoms in total. The molecule has 1 rings (SSSR count). The van der Waals surface area contributed by atoms with Gasteiger partial charge in [-0.2, -0.15) is 0 Å². The van der Waals surface area contributed by atoms with Gasteiger partial charge in [0.15, 0.2) is 0 Å². The van der Waals surface area contributed by atoms with Gasteiger partial charge in [-0.15, -0.1) is 9.24 Å². The largest absolute Gasteiger partial charge is 0.131 e. The van der Waals surface area contributed by atoms with Crippen molar-refractivity contribution in [3.05, 3.63) is 0 Å². The highest BCUT2D eigenvalue weighted by molar-refractivity contribution is 7.18. The molecule has 0 aromatic rings. The van der Waals surface area contributed by atoms with Crippen molar-refractivity contribution >= 4 is 9.24 Å². The summed E-state index contributed by atoms with van der Waals surface area (Å²) in [5.41, 5.74) is 0.602. The van der Waals surface area contributed by atoms with E-state index in [0.29, 0.717) is 10.6 Å². The molecular formula is C12H25P. The van der Waals surface area contributed by atoms with Gasteiger partial charge in [0.25, 0.3) is 0 Å². The summed E-state index contributed by atoms with van der Waals surface area (Å²) in [5, 5.41) is 0.528. The van der Waals surface area contributed by atoms with Gasteiger partial charge in [-0.1, -0.05) is 40.0 Å². The zero-order chi connectivity index (χ0) is 9.95. The van der Waals surface area contributed by atoms with Crippen molar-refractivity contribution in [2.75, 3.05) is 0 Å². The lowest BCUT2D eigenvalue weighted by atomic mass is 9.83. The average Bonchev–Trinajstić information content (AvgIpc) is 2.01. The Morgan fingerprint density at radius 3 is 1.92 bits per heavy atom. The quantitative estimate of drug-likeness (QED) is 0.509. The highest BCUT2D eigenvalue weighted by Crippen LogP contribution is 2.38. The molecule has 1 aliphatic carbocycles. The number of hydrogen-bond acceptors (Lipinski definition) is 0. The molecule has 0 aliphatic heterocycles. The van der Waals surface area contributed by atoms with E-state index >= 15 is 0 Å². The molecule has 0 saturated heterocycles. The predicted molar refractivity (Wildman–Crippen MR) is 64.2 cm³/mol. The van der Waals surface area contributed by atoms with Crippen LogP contribution in [0, 0.1) is 5.41 Å². The first-order valence-electron chi connectivity index (χ1n) is 5.70. The van der Waals surface area contributed by atoms with Crippen LogP contribution in [0.3, 0.4) is 0 Å². The summed E-state index contributed by atoms with van der Waals surface area (Å²) < 4.78 is 0. The highest BCUT2D eigenvalue weighted by atomic mass is 31.0. The third-order valence-corrected chi connectivity index (χ3v) is 4.03. The van der Waals surface area contributed by atoms with E-state index in [1.165, 1.54) is 44.9 Å². The van der Waals surface area contributed by atoms with Crippen molar-refractivity contribution in [3.8, 4) is 0 Å². The van der Waals surface area contributed by atoms with Gasteiger partial charge in [0.2, 0.25) is 0 Å². The van der Waals surface area contributed by atoms with Crippen molar-refractivity contribution < 1.29 is 0 Å². The smallest absolute Gasteiger partial charge is 0.0178 e. The summed E-state index contributed by atoms with van der Waals surface area (Å²) in [6.07, 6.45) is 9.88. The average molecular weight is 200 g/mol. The Bertz CT molecular complexity index is 141. The maximum atomic E-state index is 3.06. The molecule has 1 aliphatic rings. The van der Waals surface area contributed by atoms with E-state index in [1.807, 2.05) is 0 Å². The molecule has 1 fully saturated rings. The molecule has 0 aromatic carbocycles. The third kappa shape index (κ3) is 4.45. The van der Waals surface area contributed by atoms with Gasteiger partial charge in [0, 0.05) is 0 Å². The van der Waals surface area contributed by atoms with Crippen molar-refractivity contribution in [3.63, 3.8) is 0 Å². The SMILES string of the molecule is CC1(C)CCCCC(C)(P)CCC1. The van der Waals surface area contributed by atoms with Crippen LogP contribution in [0.5, 0.6) is 0 Å². The minimum Gasteiger partial charge on any atom is -0.131 e. The van der Waals surface area contributed by atoms with E-state index in [-0.39, 0.29) is 0 Å². The lowest BCUT2D eigenvalue weighted by Gasteiger charge is -2.25. The molecule has 0 heterocycles. The van der Waals surface area contributed by atoms with Gasteiger partial charge >= 0.3 is 0 Å². The van der Waals surface area contributed by atoms with Crippen molar-refractivity contribution in [1.82, 2.24) is 0 Å². The van der Waals surface area contributed by atoms with Gasteiger partial charge in [0.05, 0.1) is 0 Å². The molecule has 1 heteroatoms. The molecule has 13 heavy (non-hydrogen) atoms. The summed E-state index contributed by atoms with van der Waals surface area (Å²) in [5.74, 6) is 0. The van der Waals surface area contributed by atoms with Crippen molar-refractivity contribution in [2.45, 2.75) is 70.9 Å². The second-order valence-electron chi connectivity index (χ2n) is 5.88. The molecule has 0 bridgehead atoms. The van der Waals surface area contributed by atoms with Crippen molar-refractivity contribution in [2.24, 2.45) is 5.41 Å². The van der Waals surface area contributed by atoms with E-state index in [2.05, 4.69) is 30.0 Å². The topological polar surface area (TPSA) is 0 Å². The van der Waals surface area contributed by atoms with E-state index in [1.54, 1.807) is 0 Å². The molecule has 78 valence electrons. The van der Waals surface area contributed by atoms with Gasteiger partial charge < -0.3 is 0 Å². The molecule has 0 amide bonds. The Labute approximate surface area is 86.1 Å². The summed E-state index contributed by atoms with van der Waals surface area (Å²) in [6.45, 7) is 7.26. The minimum atomic E-state index is 0.528. The van der Waals surface area contributed by atoms with Crippen LogP contribution in [0.1, 0.15) is 65.7 Å². The fourth-order valence-corrected chi connectivity index (χ4v) is 2.76. The first kappa shape index (κ1) is 11.5. The summed E-state index contributed by atoms with van der Waals surface area (Å²) in [7, 11) is 3.06. The summed E-state index contributed by atoms with van der Waals surface area (Å²) in [6, 6.07) is 0. The van der Waals surface area contributed by atoms with E-state index in [9.17, 15) is 0 Å². The maximum Gasteiger partial charge on any atom is -0.0178 e. The highest BCUT2D eigenvalue weighted by Gasteiger charge is 2.24. The number of hydrogen-bond donors (Lipinski definition) is 0. The van der Waals surface area contributed by atoms with Gasteiger partial charge in [0.1, 0.15) is 0 Å². The minimum absolute atomic E-state index is 0.528. The zero-order valence-corrected chi connectivity index (χ0v) is 10.7. The molecule has 0 N–H and O–H groups in total. The van der Waals surface area contributed by atoms with E-state index in [4.69, 9.17) is 0 Å². The molecule has 2 atom stereocenters. The lowest BCUT2D eigenvalue weighted by molar-refractivity contribution is 0.292. The van der Waals surface area contributed by atoms with E-state index < -0.39 is 0 Å².